The van der Waals surface area contributed by atoms with Crippen LogP contribution in [0.2, 0.25) is 0 Å². The summed E-state index contributed by atoms with van der Waals surface area (Å²) in [5.41, 5.74) is 6.52. The van der Waals surface area contributed by atoms with Gasteiger partial charge in [0.25, 0.3) is 0 Å². The van der Waals surface area contributed by atoms with Crippen molar-refractivity contribution in [2.45, 2.75) is 32.1 Å². The van der Waals surface area contributed by atoms with E-state index in [1.807, 2.05) is 13.8 Å². The number of aryl methyl sites for hydroxylation is 1. The molecule has 0 aromatic heterocycles. The Morgan fingerprint density at radius 1 is 1.29 bits per heavy atom. The van der Waals surface area contributed by atoms with Gasteiger partial charge in [0.15, 0.2) is 0 Å². The van der Waals surface area contributed by atoms with E-state index < -0.39 is 10.0 Å². The van der Waals surface area contributed by atoms with Crippen LogP contribution in [0.25, 0.3) is 0 Å². The number of nitrogen functional groups attached to an aromatic ring is 1. The number of carbonyl (C=O) groups is 1. The van der Waals surface area contributed by atoms with Crippen molar-refractivity contribution in [3.05, 3.63) is 23.8 Å². The Morgan fingerprint density at radius 3 is 2.43 bits per heavy atom. The molecule has 0 spiro atoms. The van der Waals surface area contributed by atoms with Gasteiger partial charge in [0.05, 0.1) is 5.69 Å². The smallest absolute Gasteiger partial charge is 0.242 e. The van der Waals surface area contributed by atoms with E-state index >= 15 is 0 Å². The maximum atomic E-state index is 12.2. The fourth-order valence-electron chi connectivity index (χ4n) is 2.14. The molecule has 118 valence electrons. The first-order chi connectivity index (χ1) is 9.83. The number of carbonyl (C=O) groups excluding carboxylic acids is 1. The minimum Gasteiger partial charge on any atom is -0.398 e. The molecule has 0 saturated carbocycles. The van der Waals surface area contributed by atoms with Crippen molar-refractivity contribution in [1.29, 1.82) is 0 Å². The van der Waals surface area contributed by atoms with Crippen LogP contribution < -0.4 is 10.5 Å². The highest BCUT2D eigenvalue weighted by Crippen LogP contribution is 2.21. The van der Waals surface area contributed by atoms with Crippen molar-refractivity contribution in [2.75, 3.05) is 25.4 Å². The second-order valence-electron chi connectivity index (χ2n) is 4.71. The zero-order valence-corrected chi connectivity index (χ0v) is 13.5. The topological polar surface area (TPSA) is 92.5 Å². The summed E-state index contributed by atoms with van der Waals surface area (Å²) in [6.45, 7) is 6.76. The van der Waals surface area contributed by atoms with Crippen molar-refractivity contribution in [3.8, 4) is 0 Å². The van der Waals surface area contributed by atoms with Crippen LogP contribution in [0.5, 0.6) is 0 Å². The largest absolute Gasteiger partial charge is 0.398 e. The first-order valence-corrected chi connectivity index (χ1v) is 8.44. The van der Waals surface area contributed by atoms with Gasteiger partial charge in [0.2, 0.25) is 15.9 Å². The molecule has 0 aliphatic carbocycles. The molecule has 0 aliphatic heterocycles. The minimum absolute atomic E-state index is 0.0610. The summed E-state index contributed by atoms with van der Waals surface area (Å²) in [5, 5.41) is 0. The predicted octanol–water partition coefficient (Wildman–Crippen LogP) is 1.11. The number of amides is 1. The molecule has 3 N–H and O–H groups in total. The quantitative estimate of drug-likeness (QED) is 0.738. The van der Waals surface area contributed by atoms with Crippen LogP contribution in [0.1, 0.15) is 25.8 Å². The van der Waals surface area contributed by atoms with Gasteiger partial charge in [0.1, 0.15) is 4.90 Å². The van der Waals surface area contributed by atoms with E-state index in [0.29, 0.717) is 18.7 Å². The SMILES string of the molecule is CCN(CC)C(=O)CCNS(=O)(=O)c1c(C)cccc1N. The Hall–Kier alpha value is -1.60. The molecule has 0 aliphatic rings. The average molecular weight is 313 g/mol. The molecule has 0 fully saturated rings. The van der Waals surface area contributed by atoms with Crippen LogP contribution in [0.3, 0.4) is 0 Å². The summed E-state index contributed by atoms with van der Waals surface area (Å²) in [6.07, 6.45) is 0.132. The lowest BCUT2D eigenvalue weighted by molar-refractivity contribution is -0.130. The molecule has 1 aromatic carbocycles. The monoisotopic (exact) mass is 313 g/mol. The summed E-state index contributed by atoms with van der Waals surface area (Å²) in [7, 11) is -3.70. The van der Waals surface area contributed by atoms with Crippen molar-refractivity contribution in [3.63, 3.8) is 0 Å². The molecule has 7 heteroatoms. The van der Waals surface area contributed by atoms with Crippen LogP contribution in [0, 0.1) is 6.92 Å². The lowest BCUT2D eigenvalue weighted by atomic mass is 10.2. The normalized spacial score (nSPS) is 11.4. The molecular formula is C14H23N3O3S. The molecule has 0 atom stereocenters. The highest BCUT2D eigenvalue weighted by Gasteiger charge is 2.20. The van der Waals surface area contributed by atoms with Crippen molar-refractivity contribution in [1.82, 2.24) is 9.62 Å². The number of rotatable bonds is 7. The van der Waals surface area contributed by atoms with Crippen LogP contribution in [0.4, 0.5) is 5.69 Å². The van der Waals surface area contributed by atoms with Gasteiger partial charge in [-0.3, -0.25) is 4.79 Å². The number of hydrogen-bond acceptors (Lipinski definition) is 4. The van der Waals surface area contributed by atoms with E-state index in [2.05, 4.69) is 4.72 Å². The van der Waals surface area contributed by atoms with E-state index in [0.717, 1.165) is 0 Å². The van der Waals surface area contributed by atoms with Crippen molar-refractivity contribution < 1.29 is 13.2 Å². The predicted molar refractivity (Wildman–Crippen MR) is 83.3 cm³/mol. The molecule has 1 rings (SSSR count). The summed E-state index contributed by atoms with van der Waals surface area (Å²) in [4.78, 5) is 13.6. The van der Waals surface area contributed by atoms with Crippen LogP contribution in [-0.2, 0) is 14.8 Å². The van der Waals surface area contributed by atoms with Crippen LogP contribution in [-0.4, -0.2) is 38.9 Å². The molecule has 0 bridgehead atoms. The van der Waals surface area contributed by atoms with Gasteiger partial charge >= 0.3 is 0 Å². The molecule has 6 nitrogen and oxygen atoms in total. The Bertz CT molecular complexity index is 575. The maximum Gasteiger partial charge on any atom is 0.242 e. The zero-order chi connectivity index (χ0) is 16.0. The molecule has 0 radical (unpaired) electrons. The van der Waals surface area contributed by atoms with Crippen molar-refractivity contribution >= 4 is 21.6 Å². The highest BCUT2D eigenvalue weighted by atomic mass is 32.2. The number of benzene rings is 1. The zero-order valence-electron chi connectivity index (χ0n) is 12.7. The lowest BCUT2D eigenvalue weighted by Gasteiger charge is -2.18. The second-order valence-corrected chi connectivity index (χ2v) is 6.41. The molecule has 0 heterocycles. The van der Waals surface area contributed by atoms with Gasteiger partial charge in [-0.25, -0.2) is 13.1 Å². The Balaban J connectivity index is 2.73. The summed E-state index contributed by atoms with van der Waals surface area (Å²) >= 11 is 0. The first kappa shape index (κ1) is 17.5. The molecule has 0 unspecified atom stereocenters. The number of hydrogen-bond donors (Lipinski definition) is 2. The van der Waals surface area contributed by atoms with Crippen LogP contribution >= 0.6 is 0 Å². The second kappa shape index (κ2) is 7.42. The van der Waals surface area contributed by atoms with Gasteiger partial charge in [-0.1, -0.05) is 12.1 Å². The van der Waals surface area contributed by atoms with Gasteiger partial charge in [-0.15, -0.1) is 0 Å². The third kappa shape index (κ3) is 4.44. The number of nitrogens with two attached hydrogens (primary N) is 1. The van der Waals surface area contributed by atoms with Gasteiger partial charge in [-0.2, -0.15) is 0 Å². The molecule has 0 saturated heterocycles. The van der Waals surface area contributed by atoms with Crippen LogP contribution in [0.15, 0.2) is 23.1 Å². The Kier molecular flexibility index (Phi) is 6.17. The van der Waals surface area contributed by atoms with E-state index in [4.69, 9.17) is 5.73 Å². The minimum atomic E-state index is -3.70. The molecule has 21 heavy (non-hydrogen) atoms. The molecular weight excluding hydrogens is 290 g/mol. The third-order valence-electron chi connectivity index (χ3n) is 3.26. The first-order valence-electron chi connectivity index (χ1n) is 6.96. The van der Waals surface area contributed by atoms with Gasteiger partial charge < -0.3 is 10.6 Å². The summed E-state index contributed by atoms with van der Waals surface area (Å²) in [5.74, 6) is -0.0690. The standard InChI is InChI=1S/C14H23N3O3S/c1-4-17(5-2)13(18)9-10-16-21(19,20)14-11(3)7-6-8-12(14)15/h6-8,16H,4-5,9-10,15H2,1-3H3. The lowest BCUT2D eigenvalue weighted by Crippen LogP contribution is -2.34. The summed E-state index contributed by atoms with van der Waals surface area (Å²) in [6, 6.07) is 4.93. The Morgan fingerprint density at radius 2 is 1.90 bits per heavy atom. The average Bonchev–Trinajstić information content (AvgIpc) is 2.39. The number of nitrogens with one attached hydrogen (secondary N) is 1. The Labute approximate surface area is 126 Å². The van der Waals surface area contributed by atoms with Gasteiger partial charge in [-0.05, 0) is 32.4 Å². The van der Waals surface area contributed by atoms with Crippen molar-refractivity contribution in [2.24, 2.45) is 0 Å². The number of sulfonamides is 1. The van der Waals surface area contributed by atoms with Gasteiger partial charge in [0, 0.05) is 26.1 Å². The highest BCUT2D eigenvalue weighted by molar-refractivity contribution is 7.89. The number of nitrogens with zero attached hydrogens (tertiary/aromatic N) is 1. The van der Waals surface area contributed by atoms with E-state index in [1.165, 1.54) is 0 Å². The summed E-state index contributed by atoms with van der Waals surface area (Å²) < 4.78 is 26.9. The fourth-order valence-corrected chi connectivity index (χ4v) is 3.53. The molecule has 1 amide bonds. The van der Waals surface area contributed by atoms with E-state index in [-0.39, 0.29) is 29.5 Å². The third-order valence-corrected chi connectivity index (χ3v) is 4.94. The number of anilines is 1. The molecule has 1 aromatic rings. The maximum absolute atomic E-state index is 12.2. The van der Waals surface area contributed by atoms with E-state index in [9.17, 15) is 13.2 Å². The fraction of sp³-hybridized carbons (Fsp3) is 0.500. The van der Waals surface area contributed by atoms with E-state index in [1.54, 1.807) is 30.0 Å².